The molecular weight excluding hydrogens is 152 g/mol. The number of aromatic nitrogens is 3. The first-order valence-electron chi connectivity index (χ1n) is 4.48. The van der Waals surface area contributed by atoms with Crippen LogP contribution in [0.5, 0.6) is 0 Å². The Morgan fingerprint density at radius 1 is 1.50 bits per heavy atom. The highest BCUT2D eigenvalue weighted by Gasteiger charge is 2.22. The molecule has 1 saturated carbocycles. The minimum absolute atomic E-state index is 0.355. The van der Waals surface area contributed by atoms with E-state index in [1.807, 2.05) is 0 Å². The van der Waals surface area contributed by atoms with Gasteiger partial charge in [0, 0.05) is 12.0 Å². The topological polar surface area (TPSA) is 67.6 Å². The van der Waals surface area contributed by atoms with Crippen molar-refractivity contribution in [3.05, 3.63) is 12.2 Å². The van der Waals surface area contributed by atoms with E-state index in [2.05, 4.69) is 15.2 Å². The smallest absolute Gasteiger partial charge is 0.133 e. The fourth-order valence-electron chi connectivity index (χ4n) is 1.89. The van der Waals surface area contributed by atoms with Gasteiger partial charge in [0.15, 0.2) is 0 Å². The molecule has 0 unspecified atom stereocenters. The van der Waals surface area contributed by atoms with E-state index in [9.17, 15) is 0 Å². The van der Waals surface area contributed by atoms with E-state index in [-0.39, 0.29) is 0 Å². The van der Waals surface area contributed by atoms with Crippen LogP contribution in [0.1, 0.15) is 37.4 Å². The van der Waals surface area contributed by atoms with Gasteiger partial charge in [-0.1, -0.05) is 6.42 Å². The van der Waals surface area contributed by atoms with Crippen LogP contribution < -0.4 is 5.73 Å². The number of aromatic amines is 1. The number of rotatable bonds is 1. The predicted octanol–water partition coefficient (Wildman–Crippen LogP) is 0.790. The van der Waals surface area contributed by atoms with Crippen LogP contribution in [0.15, 0.2) is 6.33 Å². The van der Waals surface area contributed by atoms with Crippen LogP contribution in [0, 0.1) is 0 Å². The Morgan fingerprint density at radius 3 is 3.08 bits per heavy atom. The van der Waals surface area contributed by atoms with Gasteiger partial charge < -0.3 is 10.7 Å². The molecule has 0 aliphatic heterocycles. The molecule has 0 bridgehead atoms. The van der Waals surface area contributed by atoms with Gasteiger partial charge in [0.2, 0.25) is 0 Å². The molecule has 1 aromatic rings. The third-order valence-corrected chi connectivity index (χ3v) is 2.54. The minimum atomic E-state index is 0.355. The van der Waals surface area contributed by atoms with Crippen LogP contribution in [0.25, 0.3) is 0 Å². The SMILES string of the molecule is N[C@@H]1CCC[C@H](c2nnc[nH]2)C1. The summed E-state index contributed by atoms with van der Waals surface area (Å²) in [4.78, 5) is 3.05. The van der Waals surface area contributed by atoms with Crippen molar-refractivity contribution >= 4 is 0 Å². The second-order valence-corrected chi connectivity index (χ2v) is 3.50. The molecule has 0 amide bonds. The fraction of sp³-hybridized carbons (Fsp3) is 0.750. The Morgan fingerprint density at radius 2 is 2.42 bits per heavy atom. The monoisotopic (exact) mass is 166 g/mol. The molecule has 0 saturated heterocycles. The zero-order valence-corrected chi connectivity index (χ0v) is 7.03. The molecule has 2 rings (SSSR count). The lowest BCUT2D eigenvalue weighted by molar-refractivity contribution is 0.382. The molecule has 1 heterocycles. The lowest BCUT2D eigenvalue weighted by Gasteiger charge is -2.24. The van der Waals surface area contributed by atoms with Gasteiger partial charge in [-0.05, 0) is 19.3 Å². The van der Waals surface area contributed by atoms with E-state index in [1.165, 1.54) is 12.8 Å². The molecule has 0 spiro atoms. The second kappa shape index (κ2) is 3.23. The van der Waals surface area contributed by atoms with Crippen molar-refractivity contribution < 1.29 is 0 Å². The molecule has 4 nitrogen and oxygen atoms in total. The number of hydrogen-bond acceptors (Lipinski definition) is 3. The van der Waals surface area contributed by atoms with Crippen molar-refractivity contribution in [2.75, 3.05) is 0 Å². The number of nitrogens with one attached hydrogen (secondary N) is 1. The Kier molecular flexibility index (Phi) is 2.08. The number of nitrogens with zero attached hydrogens (tertiary/aromatic N) is 2. The Bertz CT molecular complexity index is 231. The van der Waals surface area contributed by atoms with Crippen molar-refractivity contribution in [3.8, 4) is 0 Å². The Hall–Kier alpha value is -0.900. The highest BCUT2D eigenvalue weighted by Crippen LogP contribution is 2.29. The van der Waals surface area contributed by atoms with Gasteiger partial charge in [0.1, 0.15) is 12.2 Å². The predicted molar refractivity (Wildman–Crippen MR) is 45.6 cm³/mol. The molecule has 66 valence electrons. The maximum Gasteiger partial charge on any atom is 0.133 e. The molecule has 3 N–H and O–H groups in total. The normalized spacial score (nSPS) is 30.4. The van der Waals surface area contributed by atoms with E-state index in [1.54, 1.807) is 6.33 Å². The van der Waals surface area contributed by atoms with E-state index in [0.29, 0.717) is 12.0 Å². The zero-order chi connectivity index (χ0) is 8.39. The molecule has 4 heteroatoms. The standard InChI is InChI=1S/C8H14N4/c9-7-3-1-2-6(4-7)8-10-5-11-12-8/h5-7H,1-4,9H2,(H,10,11,12)/t6-,7+/m0/s1. The number of H-pyrrole nitrogens is 1. The maximum atomic E-state index is 5.87. The molecule has 0 aromatic carbocycles. The first-order valence-corrected chi connectivity index (χ1v) is 4.48. The van der Waals surface area contributed by atoms with E-state index < -0.39 is 0 Å². The molecule has 1 aromatic heterocycles. The van der Waals surface area contributed by atoms with Gasteiger partial charge in [-0.2, -0.15) is 0 Å². The van der Waals surface area contributed by atoms with E-state index in [4.69, 9.17) is 5.73 Å². The highest BCUT2D eigenvalue weighted by atomic mass is 15.2. The molecule has 1 fully saturated rings. The van der Waals surface area contributed by atoms with Crippen LogP contribution in [0.4, 0.5) is 0 Å². The highest BCUT2D eigenvalue weighted by molar-refractivity contribution is 4.96. The van der Waals surface area contributed by atoms with Gasteiger partial charge in [-0.25, -0.2) is 0 Å². The largest absolute Gasteiger partial charge is 0.331 e. The van der Waals surface area contributed by atoms with E-state index >= 15 is 0 Å². The zero-order valence-electron chi connectivity index (χ0n) is 7.03. The fourth-order valence-corrected chi connectivity index (χ4v) is 1.89. The summed E-state index contributed by atoms with van der Waals surface area (Å²) < 4.78 is 0. The summed E-state index contributed by atoms with van der Waals surface area (Å²) in [7, 11) is 0. The second-order valence-electron chi connectivity index (χ2n) is 3.50. The van der Waals surface area contributed by atoms with Gasteiger partial charge in [0.05, 0.1) is 0 Å². The van der Waals surface area contributed by atoms with Crippen molar-refractivity contribution in [2.45, 2.75) is 37.6 Å². The van der Waals surface area contributed by atoms with Gasteiger partial charge in [0.25, 0.3) is 0 Å². The number of nitrogens with two attached hydrogens (primary N) is 1. The lowest BCUT2D eigenvalue weighted by Crippen LogP contribution is -2.27. The molecule has 1 aliphatic carbocycles. The quantitative estimate of drug-likeness (QED) is 0.648. The number of hydrogen-bond donors (Lipinski definition) is 2. The summed E-state index contributed by atoms with van der Waals surface area (Å²) in [5.41, 5.74) is 5.87. The Labute approximate surface area is 71.6 Å². The summed E-state index contributed by atoms with van der Waals surface area (Å²) in [6.45, 7) is 0. The van der Waals surface area contributed by atoms with Crippen molar-refractivity contribution in [1.82, 2.24) is 15.2 Å². The van der Waals surface area contributed by atoms with Gasteiger partial charge >= 0.3 is 0 Å². The molecule has 1 aliphatic rings. The van der Waals surface area contributed by atoms with Crippen LogP contribution >= 0.6 is 0 Å². The summed E-state index contributed by atoms with van der Waals surface area (Å²) >= 11 is 0. The first kappa shape index (κ1) is 7.73. The van der Waals surface area contributed by atoms with Crippen molar-refractivity contribution in [2.24, 2.45) is 5.73 Å². The minimum Gasteiger partial charge on any atom is -0.331 e. The third kappa shape index (κ3) is 1.48. The van der Waals surface area contributed by atoms with Crippen LogP contribution in [-0.4, -0.2) is 21.2 Å². The van der Waals surface area contributed by atoms with E-state index in [0.717, 1.165) is 18.7 Å². The summed E-state index contributed by atoms with van der Waals surface area (Å²) in [5.74, 6) is 1.52. The average Bonchev–Trinajstić information content (AvgIpc) is 2.56. The summed E-state index contributed by atoms with van der Waals surface area (Å²) in [6, 6.07) is 0.355. The molecule has 2 atom stereocenters. The van der Waals surface area contributed by atoms with Crippen LogP contribution in [-0.2, 0) is 0 Å². The lowest BCUT2D eigenvalue weighted by atomic mass is 9.86. The molecular formula is C8H14N4. The average molecular weight is 166 g/mol. The molecule has 12 heavy (non-hydrogen) atoms. The molecule has 0 radical (unpaired) electrons. The summed E-state index contributed by atoms with van der Waals surface area (Å²) in [6.07, 6.45) is 6.25. The van der Waals surface area contributed by atoms with Gasteiger partial charge in [-0.3, -0.25) is 0 Å². The van der Waals surface area contributed by atoms with Crippen LogP contribution in [0.3, 0.4) is 0 Å². The summed E-state index contributed by atoms with van der Waals surface area (Å²) in [5, 5.41) is 7.79. The Balaban J connectivity index is 2.04. The van der Waals surface area contributed by atoms with Gasteiger partial charge in [-0.15, -0.1) is 10.2 Å². The van der Waals surface area contributed by atoms with Crippen LogP contribution in [0.2, 0.25) is 0 Å². The van der Waals surface area contributed by atoms with Crippen molar-refractivity contribution in [3.63, 3.8) is 0 Å². The van der Waals surface area contributed by atoms with Crippen molar-refractivity contribution in [1.29, 1.82) is 0 Å². The third-order valence-electron chi connectivity index (χ3n) is 2.54. The maximum absolute atomic E-state index is 5.87. The first-order chi connectivity index (χ1) is 5.86.